The molecule has 1 aromatic heterocycles. The molecule has 0 aliphatic heterocycles. The lowest BCUT2D eigenvalue weighted by molar-refractivity contribution is -0.136. The highest BCUT2D eigenvalue weighted by Crippen LogP contribution is 2.22. The molecule has 144 valence electrons. The molecule has 3 aromatic rings. The quantitative estimate of drug-likeness (QED) is 0.672. The summed E-state index contributed by atoms with van der Waals surface area (Å²) in [5, 5.41) is 6.17. The van der Waals surface area contributed by atoms with E-state index in [0.29, 0.717) is 18.7 Å². The maximum atomic E-state index is 12.3. The number of nitrogens with one attached hydrogen (secondary N) is 2. The van der Waals surface area contributed by atoms with Gasteiger partial charge in [-0.2, -0.15) is 0 Å². The number of para-hydroxylation sites is 1. The van der Waals surface area contributed by atoms with Gasteiger partial charge >= 0.3 is 11.8 Å². The van der Waals surface area contributed by atoms with Crippen molar-refractivity contribution in [3.63, 3.8) is 0 Å². The van der Waals surface area contributed by atoms with Crippen molar-refractivity contribution < 1.29 is 9.59 Å². The summed E-state index contributed by atoms with van der Waals surface area (Å²) in [7, 11) is 3.97. The fraction of sp³-hybridized carbons (Fsp3) is 0.227. The zero-order valence-electron chi connectivity index (χ0n) is 16.3. The molecule has 0 spiro atoms. The summed E-state index contributed by atoms with van der Waals surface area (Å²) in [4.78, 5) is 30.9. The molecule has 0 atom stereocenters. The summed E-state index contributed by atoms with van der Waals surface area (Å²) in [6, 6.07) is 17.4. The highest BCUT2D eigenvalue weighted by molar-refractivity contribution is 6.40. The minimum absolute atomic E-state index is 0.393. The van der Waals surface area contributed by atoms with Gasteiger partial charge in [-0.1, -0.05) is 30.3 Å². The van der Waals surface area contributed by atoms with Crippen LogP contribution in [0.3, 0.4) is 0 Å². The standard InChI is InChI=1S/C22H24N4O2/c1-15-14-20(18-6-4-5-7-19(18)24-15)25-22(28)21(27)23-13-12-16-8-10-17(11-9-16)26(2)3/h4-11,14H,12-13H2,1-3H3,(H,23,27)(H,24,25,28). The molecule has 2 N–H and O–H groups in total. The van der Waals surface area contributed by atoms with Crippen molar-refractivity contribution in [1.82, 2.24) is 10.3 Å². The van der Waals surface area contributed by atoms with E-state index >= 15 is 0 Å². The van der Waals surface area contributed by atoms with E-state index in [-0.39, 0.29) is 0 Å². The predicted octanol–water partition coefficient (Wildman–Crippen LogP) is 2.91. The maximum Gasteiger partial charge on any atom is 0.313 e. The number of carbonyl (C=O) groups is 2. The van der Waals surface area contributed by atoms with Gasteiger partial charge in [0.05, 0.1) is 11.2 Å². The molecule has 2 amide bonds. The number of aromatic nitrogens is 1. The van der Waals surface area contributed by atoms with Crippen molar-refractivity contribution in [1.29, 1.82) is 0 Å². The lowest BCUT2D eigenvalue weighted by Gasteiger charge is -2.13. The Bertz CT molecular complexity index is 997. The van der Waals surface area contributed by atoms with E-state index in [2.05, 4.69) is 15.6 Å². The molecule has 0 saturated heterocycles. The first-order valence-corrected chi connectivity index (χ1v) is 9.16. The molecule has 0 bridgehead atoms. The van der Waals surface area contributed by atoms with E-state index < -0.39 is 11.8 Å². The number of nitrogens with zero attached hydrogens (tertiary/aromatic N) is 2. The van der Waals surface area contributed by atoms with E-state index in [1.54, 1.807) is 6.07 Å². The number of fused-ring (bicyclic) bond motifs is 1. The third-order valence-corrected chi connectivity index (χ3v) is 4.45. The van der Waals surface area contributed by atoms with Gasteiger partial charge in [0.2, 0.25) is 0 Å². The molecule has 3 rings (SSSR count). The third-order valence-electron chi connectivity index (χ3n) is 4.45. The van der Waals surface area contributed by atoms with Crippen molar-refractivity contribution >= 4 is 34.1 Å². The van der Waals surface area contributed by atoms with Gasteiger partial charge in [-0.05, 0) is 43.2 Å². The van der Waals surface area contributed by atoms with Crippen molar-refractivity contribution in [3.05, 3.63) is 65.9 Å². The third kappa shape index (κ3) is 4.65. The zero-order valence-corrected chi connectivity index (χ0v) is 16.3. The van der Waals surface area contributed by atoms with Gasteiger partial charge in [-0.25, -0.2) is 0 Å². The molecule has 0 saturated carbocycles. The number of amides is 2. The van der Waals surface area contributed by atoms with E-state index in [4.69, 9.17) is 0 Å². The lowest BCUT2D eigenvalue weighted by atomic mass is 10.1. The van der Waals surface area contributed by atoms with E-state index in [0.717, 1.165) is 27.8 Å². The molecule has 28 heavy (non-hydrogen) atoms. The minimum atomic E-state index is -0.682. The fourth-order valence-electron chi connectivity index (χ4n) is 2.95. The van der Waals surface area contributed by atoms with Crippen LogP contribution < -0.4 is 15.5 Å². The van der Waals surface area contributed by atoms with Crippen LogP contribution >= 0.6 is 0 Å². The van der Waals surface area contributed by atoms with Crippen LogP contribution in [0.25, 0.3) is 10.9 Å². The summed E-state index contributed by atoms with van der Waals surface area (Å²) in [5.74, 6) is -1.33. The van der Waals surface area contributed by atoms with Gasteiger partial charge in [0.1, 0.15) is 0 Å². The second-order valence-electron chi connectivity index (χ2n) is 6.85. The van der Waals surface area contributed by atoms with Crippen LogP contribution in [-0.2, 0) is 16.0 Å². The lowest BCUT2D eigenvalue weighted by Crippen LogP contribution is -2.36. The number of pyridine rings is 1. The topological polar surface area (TPSA) is 74.3 Å². The first-order chi connectivity index (χ1) is 13.4. The normalized spacial score (nSPS) is 10.5. The number of hydrogen-bond acceptors (Lipinski definition) is 4. The molecule has 0 radical (unpaired) electrons. The molecule has 0 unspecified atom stereocenters. The SMILES string of the molecule is Cc1cc(NC(=O)C(=O)NCCc2ccc(N(C)C)cc2)c2ccccc2n1. The largest absolute Gasteiger partial charge is 0.378 e. The summed E-state index contributed by atoms with van der Waals surface area (Å²) >= 11 is 0. The van der Waals surface area contributed by atoms with E-state index in [1.807, 2.05) is 74.4 Å². The van der Waals surface area contributed by atoms with Crippen molar-refractivity contribution in [2.75, 3.05) is 30.9 Å². The minimum Gasteiger partial charge on any atom is -0.378 e. The molecule has 0 fully saturated rings. The molecule has 0 aliphatic rings. The van der Waals surface area contributed by atoms with Crippen LogP contribution in [0.5, 0.6) is 0 Å². The average Bonchev–Trinajstić information content (AvgIpc) is 2.68. The second-order valence-corrected chi connectivity index (χ2v) is 6.85. The van der Waals surface area contributed by atoms with Crippen LogP contribution in [0.4, 0.5) is 11.4 Å². The molecular formula is C22H24N4O2. The Morgan fingerprint density at radius 1 is 1.00 bits per heavy atom. The molecule has 6 nitrogen and oxygen atoms in total. The fourth-order valence-corrected chi connectivity index (χ4v) is 2.95. The average molecular weight is 376 g/mol. The summed E-state index contributed by atoms with van der Waals surface area (Å²) in [6.45, 7) is 2.24. The van der Waals surface area contributed by atoms with Gasteiger partial charge in [-0.15, -0.1) is 0 Å². The second kappa shape index (κ2) is 8.52. The van der Waals surface area contributed by atoms with E-state index in [9.17, 15) is 9.59 Å². The summed E-state index contributed by atoms with van der Waals surface area (Å²) < 4.78 is 0. The molecule has 0 aliphatic carbocycles. The van der Waals surface area contributed by atoms with Crippen LogP contribution in [0.15, 0.2) is 54.6 Å². The zero-order chi connectivity index (χ0) is 20.1. The Morgan fingerprint density at radius 2 is 1.71 bits per heavy atom. The monoisotopic (exact) mass is 376 g/mol. The number of anilines is 2. The smallest absolute Gasteiger partial charge is 0.313 e. The summed E-state index contributed by atoms with van der Waals surface area (Å²) in [6.07, 6.45) is 0.657. The molecule has 6 heteroatoms. The van der Waals surface area contributed by atoms with Gasteiger partial charge in [-0.3, -0.25) is 14.6 Å². The Morgan fingerprint density at radius 3 is 2.43 bits per heavy atom. The highest BCUT2D eigenvalue weighted by Gasteiger charge is 2.15. The first-order valence-electron chi connectivity index (χ1n) is 9.16. The number of aryl methyl sites for hydroxylation is 1. The first kappa shape index (κ1) is 19.4. The predicted molar refractivity (Wildman–Crippen MR) is 113 cm³/mol. The molecular weight excluding hydrogens is 352 g/mol. The number of benzene rings is 2. The number of carbonyl (C=O) groups excluding carboxylic acids is 2. The van der Waals surface area contributed by atoms with Crippen molar-refractivity contribution in [2.45, 2.75) is 13.3 Å². The van der Waals surface area contributed by atoms with Gasteiger partial charge < -0.3 is 15.5 Å². The summed E-state index contributed by atoms with van der Waals surface area (Å²) in [5.41, 5.74) is 4.35. The van der Waals surface area contributed by atoms with Gasteiger partial charge in [0, 0.05) is 37.4 Å². The number of rotatable bonds is 5. The Labute approximate surface area is 164 Å². The van der Waals surface area contributed by atoms with Crippen LogP contribution in [0.1, 0.15) is 11.3 Å². The molecule has 1 heterocycles. The van der Waals surface area contributed by atoms with Crippen LogP contribution in [0, 0.1) is 6.92 Å². The van der Waals surface area contributed by atoms with Gasteiger partial charge in [0.15, 0.2) is 0 Å². The molecule has 2 aromatic carbocycles. The number of hydrogen-bond donors (Lipinski definition) is 2. The van der Waals surface area contributed by atoms with Crippen LogP contribution in [0.2, 0.25) is 0 Å². The maximum absolute atomic E-state index is 12.3. The Kier molecular flexibility index (Phi) is 5.89. The van der Waals surface area contributed by atoms with Gasteiger partial charge in [0.25, 0.3) is 0 Å². The van der Waals surface area contributed by atoms with E-state index in [1.165, 1.54) is 0 Å². The van der Waals surface area contributed by atoms with Crippen molar-refractivity contribution in [2.24, 2.45) is 0 Å². The van der Waals surface area contributed by atoms with Crippen LogP contribution in [-0.4, -0.2) is 37.4 Å². The van der Waals surface area contributed by atoms with Crippen molar-refractivity contribution in [3.8, 4) is 0 Å². The Hall–Kier alpha value is -3.41. The Balaban J connectivity index is 1.57. The highest BCUT2D eigenvalue weighted by atomic mass is 16.2.